The second-order valence-electron chi connectivity index (χ2n) is 8.77. The summed E-state index contributed by atoms with van der Waals surface area (Å²) < 4.78 is 37.5. The Morgan fingerprint density at radius 2 is 2.19 bits per heavy atom. The highest BCUT2D eigenvalue weighted by molar-refractivity contribution is 7.97. The predicted octanol–water partition coefficient (Wildman–Crippen LogP) is 4.16. The summed E-state index contributed by atoms with van der Waals surface area (Å²) in [6, 6.07) is 2.17. The fourth-order valence-corrected chi connectivity index (χ4v) is 5.87. The molecule has 11 heteroatoms. The number of pyridine rings is 1. The molecule has 2 atom stereocenters. The van der Waals surface area contributed by atoms with Gasteiger partial charge in [0.05, 0.1) is 18.0 Å². The summed E-state index contributed by atoms with van der Waals surface area (Å²) in [5.41, 5.74) is 2.69. The van der Waals surface area contributed by atoms with E-state index in [1.54, 1.807) is 18.1 Å². The van der Waals surface area contributed by atoms with Crippen LogP contribution in [-0.4, -0.2) is 50.9 Å². The first kappa shape index (κ1) is 19.8. The van der Waals surface area contributed by atoms with Crippen LogP contribution in [0.4, 0.5) is 14.5 Å². The van der Waals surface area contributed by atoms with Crippen LogP contribution in [0, 0.1) is 5.92 Å². The molecule has 2 unspecified atom stereocenters. The Labute approximate surface area is 186 Å². The minimum Gasteiger partial charge on any atom is -0.376 e. The maximum atomic E-state index is 13.1. The van der Waals surface area contributed by atoms with E-state index in [4.69, 9.17) is 4.74 Å². The van der Waals surface area contributed by atoms with Crippen LogP contribution in [0.3, 0.4) is 0 Å². The molecule has 2 aliphatic heterocycles. The number of ether oxygens (including phenoxy) is 1. The molecule has 7 nitrogen and oxygen atoms in total. The maximum Gasteiger partial charge on any atom is 0.291 e. The molecule has 164 valence electrons. The Bertz CT molecular complexity index is 1120. The second kappa shape index (κ2) is 7.36. The van der Waals surface area contributed by atoms with Crippen LogP contribution in [0.2, 0.25) is 0 Å². The topological polar surface area (TPSA) is 67.6 Å². The molecule has 1 N–H and O–H groups in total. The first-order valence-electron chi connectivity index (χ1n) is 10.4. The smallest absolute Gasteiger partial charge is 0.291 e. The molecule has 0 amide bonds. The lowest BCUT2D eigenvalue weighted by Crippen LogP contribution is -2.24. The average molecular weight is 465 g/mol. The van der Waals surface area contributed by atoms with E-state index in [1.165, 1.54) is 12.8 Å². The van der Waals surface area contributed by atoms with E-state index in [0.717, 1.165) is 53.7 Å². The lowest BCUT2D eigenvalue weighted by Gasteiger charge is -2.21. The summed E-state index contributed by atoms with van der Waals surface area (Å²) in [5.74, 6) is 0.547. The number of rotatable bonds is 6. The number of anilines is 1. The van der Waals surface area contributed by atoms with E-state index in [0.29, 0.717) is 16.6 Å². The summed E-state index contributed by atoms with van der Waals surface area (Å²) >= 11 is 2.52. The third-order valence-electron chi connectivity index (χ3n) is 6.37. The quantitative estimate of drug-likeness (QED) is 0.550. The molecule has 5 heterocycles. The van der Waals surface area contributed by atoms with Gasteiger partial charge in [0, 0.05) is 42.2 Å². The van der Waals surface area contributed by atoms with E-state index in [1.807, 2.05) is 10.6 Å². The molecule has 2 saturated heterocycles. The zero-order chi connectivity index (χ0) is 21.2. The summed E-state index contributed by atoms with van der Waals surface area (Å²) in [5, 5.41) is 7.82. The number of fused-ring (bicyclic) bond motifs is 2. The fourth-order valence-electron chi connectivity index (χ4n) is 4.26. The number of hydrogen-bond acceptors (Lipinski definition) is 8. The third kappa shape index (κ3) is 3.61. The molecule has 6 rings (SSSR count). The molecule has 0 bridgehead atoms. The van der Waals surface area contributed by atoms with Gasteiger partial charge in [-0.25, -0.2) is 13.8 Å². The molecule has 3 aromatic heterocycles. The molecular formula is C20H22F2N6OS2. The maximum absolute atomic E-state index is 13.1. The molecule has 1 aliphatic carbocycles. The molecular weight excluding hydrogens is 442 g/mol. The molecule has 3 aromatic rings. The van der Waals surface area contributed by atoms with E-state index in [-0.39, 0.29) is 16.7 Å². The van der Waals surface area contributed by atoms with Gasteiger partial charge in [-0.1, -0.05) is 11.3 Å². The van der Waals surface area contributed by atoms with Gasteiger partial charge in [0.25, 0.3) is 6.43 Å². The third-order valence-corrected chi connectivity index (χ3v) is 8.37. The summed E-state index contributed by atoms with van der Waals surface area (Å²) in [6.07, 6.45) is 4.77. The Morgan fingerprint density at radius 1 is 1.32 bits per heavy atom. The molecule has 3 aliphatic rings. The molecule has 3 fully saturated rings. The van der Waals surface area contributed by atoms with Crippen LogP contribution in [0.25, 0.3) is 16.3 Å². The SMILES string of the molecule is CC1(NSc2cc(N3CC4CCOC4C3)c3ncc(-c4nnc(C(F)F)s4)n3c2)CC1. The van der Waals surface area contributed by atoms with E-state index in [2.05, 4.69) is 37.8 Å². The van der Waals surface area contributed by atoms with Crippen molar-refractivity contribution in [1.82, 2.24) is 24.3 Å². The molecule has 0 aromatic carbocycles. The largest absolute Gasteiger partial charge is 0.376 e. The van der Waals surface area contributed by atoms with Crippen molar-refractivity contribution in [2.24, 2.45) is 5.92 Å². The van der Waals surface area contributed by atoms with Crippen molar-refractivity contribution in [2.45, 2.75) is 49.2 Å². The van der Waals surface area contributed by atoms with Gasteiger partial charge in [-0.3, -0.25) is 9.12 Å². The second-order valence-corrected chi connectivity index (χ2v) is 10.7. The molecule has 31 heavy (non-hydrogen) atoms. The van der Waals surface area contributed by atoms with Crippen molar-refractivity contribution in [3.05, 3.63) is 23.5 Å². The monoisotopic (exact) mass is 464 g/mol. The molecule has 1 saturated carbocycles. The molecule has 0 spiro atoms. The van der Waals surface area contributed by atoms with Crippen molar-refractivity contribution >= 4 is 34.6 Å². The van der Waals surface area contributed by atoms with Crippen molar-refractivity contribution in [2.75, 3.05) is 24.6 Å². The van der Waals surface area contributed by atoms with E-state index >= 15 is 0 Å². The van der Waals surface area contributed by atoms with E-state index < -0.39 is 6.43 Å². The van der Waals surface area contributed by atoms with Gasteiger partial charge in [0.2, 0.25) is 0 Å². The number of alkyl halides is 2. The highest BCUT2D eigenvalue weighted by Gasteiger charge is 2.39. The van der Waals surface area contributed by atoms with Gasteiger partial charge < -0.3 is 9.64 Å². The van der Waals surface area contributed by atoms with Crippen LogP contribution in [-0.2, 0) is 4.74 Å². The predicted molar refractivity (Wildman–Crippen MR) is 116 cm³/mol. The number of nitrogens with zero attached hydrogens (tertiary/aromatic N) is 5. The van der Waals surface area contributed by atoms with E-state index in [9.17, 15) is 8.78 Å². The first-order valence-corrected chi connectivity index (χ1v) is 12.1. The van der Waals surface area contributed by atoms with Crippen LogP contribution in [0.1, 0.15) is 37.6 Å². The number of imidazole rings is 1. The van der Waals surface area contributed by atoms with Crippen molar-refractivity contribution in [3.8, 4) is 10.7 Å². The fraction of sp³-hybridized carbons (Fsp3) is 0.550. The van der Waals surface area contributed by atoms with Crippen molar-refractivity contribution in [3.63, 3.8) is 0 Å². The van der Waals surface area contributed by atoms with Gasteiger partial charge >= 0.3 is 0 Å². The van der Waals surface area contributed by atoms with Gasteiger partial charge in [0.1, 0.15) is 5.69 Å². The Kier molecular flexibility index (Phi) is 4.71. The number of nitrogens with one attached hydrogen (secondary N) is 1. The number of aromatic nitrogens is 4. The minimum atomic E-state index is -2.63. The summed E-state index contributed by atoms with van der Waals surface area (Å²) in [6.45, 7) is 4.84. The average Bonchev–Trinajstić information content (AvgIpc) is 3.25. The zero-order valence-electron chi connectivity index (χ0n) is 16.9. The van der Waals surface area contributed by atoms with Gasteiger partial charge in [-0.15, -0.1) is 10.2 Å². The lowest BCUT2D eigenvalue weighted by atomic mass is 10.1. The van der Waals surface area contributed by atoms with Crippen LogP contribution in [0.5, 0.6) is 0 Å². The summed E-state index contributed by atoms with van der Waals surface area (Å²) in [7, 11) is 0. The van der Waals surface area contributed by atoms with Crippen LogP contribution >= 0.6 is 23.3 Å². The summed E-state index contributed by atoms with van der Waals surface area (Å²) in [4.78, 5) is 8.04. The number of halogens is 2. The van der Waals surface area contributed by atoms with Gasteiger partial charge in [-0.05, 0) is 44.2 Å². The van der Waals surface area contributed by atoms with Crippen molar-refractivity contribution < 1.29 is 13.5 Å². The standard InChI is InChI=1S/C20H22F2N6OS2/c1-20(3-4-20)26-31-12-6-13(27-8-11-2-5-29-15(11)10-27)17-23-7-14(28(17)9-12)18-24-25-19(30-18)16(21)22/h6-7,9,11,15-16,26H,2-5,8,10H2,1H3. The van der Waals surface area contributed by atoms with Gasteiger partial charge in [0.15, 0.2) is 15.7 Å². The highest BCUT2D eigenvalue weighted by Crippen LogP contribution is 2.40. The first-order chi connectivity index (χ1) is 15.0. The minimum absolute atomic E-state index is 0.182. The lowest BCUT2D eigenvalue weighted by molar-refractivity contribution is 0.114. The van der Waals surface area contributed by atoms with Gasteiger partial charge in [-0.2, -0.15) is 0 Å². The Hall–Kier alpha value is -1.82. The highest BCUT2D eigenvalue weighted by atomic mass is 32.2. The Morgan fingerprint density at radius 3 is 2.94 bits per heavy atom. The molecule has 0 radical (unpaired) electrons. The van der Waals surface area contributed by atoms with Crippen LogP contribution < -0.4 is 9.62 Å². The number of hydrogen-bond donors (Lipinski definition) is 1. The van der Waals surface area contributed by atoms with Crippen molar-refractivity contribution in [1.29, 1.82) is 0 Å². The zero-order valence-corrected chi connectivity index (χ0v) is 18.6. The van der Waals surface area contributed by atoms with Crippen LogP contribution in [0.15, 0.2) is 23.4 Å². The Balaban J connectivity index is 1.41. The normalized spacial score (nSPS) is 24.5.